The zero-order valence-corrected chi connectivity index (χ0v) is 18.9. The number of nitrogens with zero attached hydrogens (tertiary/aromatic N) is 1. The highest BCUT2D eigenvalue weighted by atomic mass is 35.5. The first kappa shape index (κ1) is 23.3. The lowest BCUT2D eigenvalue weighted by atomic mass is 9.74. The molecule has 0 amide bonds. The minimum atomic E-state index is -0.0800. The van der Waals surface area contributed by atoms with E-state index in [9.17, 15) is 0 Å². The lowest BCUT2D eigenvalue weighted by Crippen LogP contribution is -2.41. The summed E-state index contributed by atoms with van der Waals surface area (Å²) in [5.41, 5.74) is 1.10. The number of benzene rings is 1. The maximum atomic E-state index is 6.56. The van der Waals surface area contributed by atoms with E-state index in [1.165, 1.54) is 5.56 Å². The molecule has 1 aromatic carbocycles. The molecule has 7 heteroatoms. The Morgan fingerprint density at radius 1 is 1.23 bits per heavy atom. The summed E-state index contributed by atoms with van der Waals surface area (Å²) in [6.07, 6.45) is 5.35. The van der Waals surface area contributed by atoms with Gasteiger partial charge < -0.3 is 24.8 Å². The van der Waals surface area contributed by atoms with Crippen LogP contribution in [0.25, 0.3) is 0 Å². The normalized spacial score (nSPS) is 21.5. The molecule has 30 heavy (non-hydrogen) atoms. The summed E-state index contributed by atoms with van der Waals surface area (Å²) in [4.78, 5) is 4.93. The quantitative estimate of drug-likeness (QED) is 0.333. The Kier molecular flexibility index (Phi) is 9.72. The highest BCUT2D eigenvalue weighted by Crippen LogP contribution is 2.38. The molecule has 1 unspecified atom stereocenters. The van der Waals surface area contributed by atoms with Crippen LogP contribution in [-0.2, 0) is 19.6 Å². The largest absolute Gasteiger partial charge is 0.381 e. The van der Waals surface area contributed by atoms with Gasteiger partial charge in [-0.3, -0.25) is 4.99 Å². The Bertz CT molecular complexity index is 659. The third-order valence-corrected chi connectivity index (χ3v) is 6.19. The maximum Gasteiger partial charge on any atom is 0.191 e. The van der Waals surface area contributed by atoms with E-state index in [4.69, 9.17) is 30.8 Å². The van der Waals surface area contributed by atoms with Gasteiger partial charge in [0.15, 0.2) is 5.96 Å². The van der Waals surface area contributed by atoms with E-state index < -0.39 is 0 Å². The standard InChI is InChI=1S/C23H36ClN3O3/c1-2-25-22(26-12-6-13-29-17-19-7-5-14-30-19)27-18-23(10-15-28-16-11-23)20-8-3-4-9-21(20)24/h3-4,8-9,19H,2,5-7,10-18H2,1H3,(H2,25,26,27). The average Bonchev–Trinajstić information content (AvgIpc) is 3.29. The number of ether oxygens (including phenoxy) is 3. The van der Waals surface area contributed by atoms with Gasteiger partial charge in [-0.1, -0.05) is 29.8 Å². The molecule has 2 heterocycles. The second-order valence-corrected chi connectivity index (χ2v) is 8.47. The molecule has 0 spiro atoms. The summed E-state index contributed by atoms with van der Waals surface area (Å²) in [6, 6.07) is 8.14. The topological polar surface area (TPSA) is 64.1 Å². The zero-order chi connectivity index (χ0) is 21.1. The molecular formula is C23H36ClN3O3. The summed E-state index contributed by atoms with van der Waals surface area (Å²) in [6.45, 7) is 8.21. The second-order valence-electron chi connectivity index (χ2n) is 8.06. The number of rotatable bonds is 10. The smallest absolute Gasteiger partial charge is 0.191 e. The van der Waals surface area contributed by atoms with Gasteiger partial charge >= 0.3 is 0 Å². The Morgan fingerprint density at radius 3 is 2.80 bits per heavy atom. The molecule has 3 rings (SSSR count). The van der Waals surface area contributed by atoms with Crippen LogP contribution in [0.2, 0.25) is 5.02 Å². The molecule has 0 aliphatic carbocycles. The molecule has 2 saturated heterocycles. The minimum Gasteiger partial charge on any atom is -0.381 e. The highest BCUT2D eigenvalue weighted by molar-refractivity contribution is 6.31. The third-order valence-electron chi connectivity index (χ3n) is 5.86. The molecule has 168 valence electrons. The van der Waals surface area contributed by atoms with Crippen LogP contribution in [0.4, 0.5) is 0 Å². The van der Waals surface area contributed by atoms with Crippen LogP contribution in [0.1, 0.15) is 44.6 Å². The summed E-state index contributed by atoms with van der Waals surface area (Å²) in [5.74, 6) is 0.842. The van der Waals surface area contributed by atoms with Crippen molar-refractivity contribution in [2.75, 3.05) is 52.7 Å². The van der Waals surface area contributed by atoms with Gasteiger partial charge in [0.05, 0.1) is 19.3 Å². The molecule has 1 aromatic rings. The maximum absolute atomic E-state index is 6.56. The molecule has 0 aromatic heterocycles. The van der Waals surface area contributed by atoms with Gasteiger partial charge in [-0.25, -0.2) is 0 Å². The first-order valence-corrected chi connectivity index (χ1v) is 11.7. The number of halogens is 1. The molecule has 2 N–H and O–H groups in total. The third kappa shape index (κ3) is 6.84. The number of nitrogens with one attached hydrogen (secondary N) is 2. The van der Waals surface area contributed by atoms with Crippen molar-refractivity contribution in [1.29, 1.82) is 0 Å². The zero-order valence-electron chi connectivity index (χ0n) is 18.1. The molecule has 2 fully saturated rings. The van der Waals surface area contributed by atoms with Gasteiger partial charge in [0.25, 0.3) is 0 Å². The average molecular weight is 438 g/mol. The number of hydrogen-bond donors (Lipinski definition) is 2. The van der Waals surface area contributed by atoms with E-state index in [0.717, 1.165) is 82.6 Å². The van der Waals surface area contributed by atoms with Crippen LogP contribution in [0.15, 0.2) is 29.3 Å². The van der Waals surface area contributed by atoms with E-state index in [2.05, 4.69) is 29.7 Å². The van der Waals surface area contributed by atoms with Crippen LogP contribution >= 0.6 is 11.6 Å². The van der Waals surface area contributed by atoms with Crippen LogP contribution in [0, 0.1) is 0 Å². The molecule has 0 bridgehead atoms. The van der Waals surface area contributed by atoms with Crippen molar-refractivity contribution < 1.29 is 14.2 Å². The Hall–Kier alpha value is -1.34. The van der Waals surface area contributed by atoms with E-state index in [0.29, 0.717) is 13.2 Å². The van der Waals surface area contributed by atoms with Crippen molar-refractivity contribution in [3.63, 3.8) is 0 Å². The number of hydrogen-bond acceptors (Lipinski definition) is 4. The van der Waals surface area contributed by atoms with Crippen molar-refractivity contribution >= 4 is 17.6 Å². The van der Waals surface area contributed by atoms with Crippen LogP contribution in [0.5, 0.6) is 0 Å². The predicted molar refractivity (Wildman–Crippen MR) is 122 cm³/mol. The van der Waals surface area contributed by atoms with Gasteiger partial charge in [-0.05, 0) is 50.7 Å². The first-order chi connectivity index (χ1) is 14.7. The summed E-state index contributed by atoms with van der Waals surface area (Å²) in [7, 11) is 0. The first-order valence-electron chi connectivity index (χ1n) is 11.3. The minimum absolute atomic E-state index is 0.0800. The number of guanidine groups is 1. The summed E-state index contributed by atoms with van der Waals surface area (Å²) >= 11 is 6.56. The van der Waals surface area contributed by atoms with Gasteiger partial charge in [0, 0.05) is 50.0 Å². The van der Waals surface area contributed by atoms with Crippen LogP contribution in [0.3, 0.4) is 0 Å². The van der Waals surface area contributed by atoms with E-state index in [1.54, 1.807) is 0 Å². The van der Waals surface area contributed by atoms with E-state index in [-0.39, 0.29) is 11.5 Å². The lowest BCUT2D eigenvalue weighted by molar-refractivity contribution is 0.0168. The Morgan fingerprint density at radius 2 is 2.07 bits per heavy atom. The van der Waals surface area contributed by atoms with Gasteiger partial charge in [0.1, 0.15) is 0 Å². The van der Waals surface area contributed by atoms with Crippen molar-refractivity contribution in [2.24, 2.45) is 4.99 Å². The monoisotopic (exact) mass is 437 g/mol. The van der Waals surface area contributed by atoms with E-state index >= 15 is 0 Å². The molecule has 1 atom stereocenters. The highest BCUT2D eigenvalue weighted by Gasteiger charge is 2.36. The van der Waals surface area contributed by atoms with Crippen molar-refractivity contribution in [2.45, 2.75) is 50.5 Å². The van der Waals surface area contributed by atoms with Crippen molar-refractivity contribution in [3.8, 4) is 0 Å². The molecule has 2 aliphatic rings. The Labute approximate surface area is 185 Å². The van der Waals surface area contributed by atoms with Crippen molar-refractivity contribution in [1.82, 2.24) is 10.6 Å². The fourth-order valence-electron chi connectivity index (χ4n) is 4.11. The SMILES string of the molecule is CCNC(=NCC1(c2ccccc2Cl)CCOCC1)NCCCOCC1CCCO1. The lowest BCUT2D eigenvalue weighted by Gasteiger charge is -2.37. The van der Waals surface area contributed by atoms with Crippen LogP contribution < -0.4 is 10.6 Å². The summed E-state index contributed by atoms with van der Waals surface area (Å²) in [5, 5.41) is 7.61. The molecule has 0 radical (unpaired) electrons. The molecule has 2 aliphatic heterocycles. The van der Waals surface area contributed by atoms with Crippen LogP contribution in [-0.4, -0.2) is 64.7 Å². The fraction of sp³-hybridized carbons (Fsp3) is 0.696. The Balaban J connectivity index is 1.51. The molecule has 0 saturated carbocycles. The second kappa shape index (κ2) is 12.5. The summed E-state index contributed by atoms with van der Waals surface area (Å²) < 4.78 is 17.0. The molecular weight excluding hydrogens is 402 g/mol. The number of aliphatic imine (C=N–C) groups is 1. The van der Waals surface area contributed by atoms with Gasteiger partial charge in [-0.2, -0.15) is 0 Å². The van der Waals surface area contributed by atoms with Gasteiger partial charge in [0.2, 0.25) is 0 Å². The predicted octanol–water partition coefficient (Wildman–Crippen LogP) is 3.53. The van der Waals surface area contributed by atoms with E-state index in [1.807, 2.05) is 12.1 Å². The fourth-order valence-corrected chi connectivity index (χ4v) is 4.45. The van der Waals surface area contributed by atoms with Crippen molar-refractivity contribution in [3.05, 3.63) is 34.9 Å². The molecule has 6 nitrogen and oxygen atoms in total. The van der Waals surface area contributed by atoms with Gasteiger partial charge in [-0.15, -0.1) is 0 Å².